The Hall–Kier alpha value is -3.38. The van der Waals surface area contributed by atoms with Gasteiger partial charge in [-0.1, -0.05) is 42.5 Å². The summed E-state index contributed by atoms with van der Waals surface area (Å²) in [5.74, 6) is -0.752. The largest absolute Gasteiger partial charge is 0.467 e. The van der Waals surface area contributed by atoms with E-state index in [4.69, 9.17) is 0 Å². The van der Waals surface area contributed by atoms with E-state index in [1.165, 1.54) is 23.4 Å². The third-order valence-electron chi connectivity index (χ3n) is 6.36. The van der Waals surface area contributed by atoms with E-state index in [2.05, 4.69) is 69.7 Å². The smallest absolute Gasteiger partial charge is 0.328 e. The minimum Gasteiger partial charge on any atom is -0.467 e. The highest BCUT2D eigenvalue weighted by molar-refractivity contribution is 5.97. The highest BCUT2D eigenvalue weighted by Crippen LogP contribution is 2.27. The predicted octanol–water partition coefficient (Wildman–Crippen LogP) is 4.06. The lowest BCUT2D eigenvalue weighted by Crippen LogP contribution is -2.39. The molecule has 1 amide bonds. The van der Waals surface area contributed by atoms with Crippen molar-refractivity contribution in [2.45, 2.75) is 38.4 Å². The summed E-state index contributed by atoms with van der Waals surface area (Å²) >= 11 is 0. The molecule has 3 atom stereocenters. The van der Waals surface area contributed by atoms with Gasteiger partial charge in [0.05, 0.1) is 7.11 Å². The summed E-state index contributed by atoms with van der Waals surface area (Å²) in [6, 6.07) is 22.5. The zero-order valence-corrected chi connectivity index (χ0v) is 19.4. The Morgan fingerprint density at radius 2 is 1.73 bits per heavy atom. The molecule has 0 aliphatic carbocycles. The number of hydrogen-bond donors (Lipinski definition) is 2. The molecule has 0 spiro atoms. The van der Waals surface area contributed by atoms with Gasteiger partial charge in [-0.25, -0.2) is 4.79 Å². The number of methoxy groups -OCH3 is 1. The molecular formula is C27H31N3O3. The zero-order valence-electron chi connectivity index (χ0n) is 19.4. The van der Waals surface area contributed by atoms with Crippen LogP contribution in [0, 0.1) is 0 Å². The second kappa shape index (κ2) is 10.0. The second-order valence-electron chi connectivity index (χ2n) is 8.65. The van der Waals surface area contributed by atoms with E-state index in [0.29, 0.717) is 11.6 Å². The molecule has 1 fully saturated rings. The highest BCUT2D eigenvalue weighted by atomic mass is 16.5. The molecule has 1 heterocycles. The Labute approximate surface area is 194 Å². The molecule has 1 aliphatic rings. The van der Waals surface area contributed by atoms with Gasteiger partial charge in [0.1, 0.15) is 6.04 Å². The van der Waals surface area contributed by atoms with E-state index in [9.17, 15) is 9.59 Å². The first-order valence-electron chi connectivity index (χ1n) is 11.4. The van der Waals surface area contributed by atoms with E-state index in [1.807, 2.05) is 12.1 Å². The molecule has 2 N–H and O–H groups in total. The van der Waals surface area contributed by atoms with Gasteiger partial charge in [-0.3, -0.25) is 4.79 Å². The predicted molar refractivity (Wildman–Crippen MR) is 132 cm³/mol. The topological polar surface area (TPSA) is 70.7 Å². The number of esters is 1. The summed E-state index contributed by atoms with van der Waals surface area (Å²) in [7, 11) is 1.31. The van der Waals surface area contributed by atoms with Crippen molar-refractivity contribution in [1.29, 1.82) is 0 Å². The first kappa shape index (κ1) is 22.8. The molecule has 6 heteroatoms. The number of carbonyl (C=O) groups is 2. The molecule has 3 aromatic carbocycles. The first-order chi connectivity index (χ1) is 16.0. The van der Waals surface area contributed by atoms with Gasteiger partial charge in [-0.05, 0) is 60.9 Å². The van der Waals surface area contributed by atoms with Crippen molar-refractivity contribution in [2.75, 3.05) is 25.1 Å². The molecule has 3 aromatic rings. The molecule has 1 unspecified atom stereocenters. The lowest BCUT2D eigenvalue weighted by Gasteiger charge is -2.23. The highest BCUT2D eigenvalue weighted by Gasteiger charge is 2.25. The molecule has 6 nitrogen and oxygen atoms in total. The molecule has 4 rings (SSSR count). The zero-order chi connectivity index (χ0) is 23.4. The van der Waals surface area contributed by atoms with Gasteiger partial charge in [-0.2, -0.15) is 0 Å². The number of anilines is 1. The third-order valence-corrected chi connectivity index (χ3v) is 6.36. The molecule has 0 radical (unpaired) electrons. The van der Waals surface area contributed by atoms with Gasteiger partial charge < -0.3 is 20.3 Å². The van der Waals surface area contributed by atoms with Crippen molar-refractivity contribution in [3.63, 3.8) is 0 Å². The minimum atomic E-state index is -0.684. The van der Waals surface area contributed by atoms with Crippen LogP contribution in [0.25, 0.3) is 10.8 Å². The molecular weight excluding hydrogens is 414 g/mol. The summed E-state index contributed by atoms with van der Waals surface area (Å²) in [5.41, 5.74) is 2.94. The molecule has 1 saturated heterocycles. The number of ether oxygens (including phenoxy) is 1. The van der Waals surface area contributed by atoms with Crippen molar-refractivity contribution in [3.05, 3.63) is 77.9 Å². The van der Waals surface area contributed by atoms with Crippen molar-refractivity contribution in [1.82, 2.24) is 10.6 Å². The van der Waals surface area contributed by atoms with Crippen LogP contribution in [0.2, 0.25) is 0 Å². The van der Waals surface area contributed by atoms with Gasteiger partial charge in [0, 0.05) is 36.4 Å². The van der Waals surface area contributed by atoms with E-state index in [0.717, 1.165) is 25.2 Å². The van der Waals surface area contributed by atoms with E-state index >= 15 is 0 Å². The van der Waals surface area contributed by atoms with Crippen LogP contribution < -0.4 is 15.5 Å². The molecule has 33 heavy (non-hydrogen) atoms. The Morgan fingerprint density at radius 3 is 2.48 bits per heavy atom. The van der Waals surface area contributed by atoms with Crippen molar-refractivity contribution < 1.29 is 14.3 Å². The van der Waals surface area contributed by atoms with Crippen LogP contribution in [0.15, 0.2) is 66.7 Å². The fourth-order valence-electron chi connectivity index (χ4n) is 4.54. The first-order valence-corrected chi connectivity index (χ1v) is 11.4. The minimum absolute atomic E-state index is 0.254. The number of nitrogens with one attached hydrogen (secondary N) is 2. The standard InChI is InChI=1S/C27H31N3O3/c1-18(24-10-6-8-20-7-4-5-9-25(20)24)28-22-15-16-30(17-22)23-13-11-21(12-14-23)26(31)29-19(2)27(32)33-3/h4-14,18-19,22,28H,15-17H2,1-3H3,(H,29,31)/t18-,19+,22?/m1/s1. The quantitative estimate of drug-likeness (QED) is 0.537. The Balaban J connectivity index is 1.36. The number of amides is 1. The Kier molecular flexibility index (Phi) is 6.94. The van der Waals surface area contributed by atoms with E-state index < -0.39 is 12.0 Å². The average Bonchev–Trinajstić information content (AvgIpc) is 3.31. The van der Waals surface area contributed by atoms with Crippen molar-refractivity contribution in [2.24, 2.45) is 0 Å². The van der Waals surface area contributed by atoms with Crippen LogP contribution in [0.5, 0.6) is 0 Å². The number of rotatable bonds is 7. The fraction of sp³-hybridized carbons (Fsp3) is 0.333. The van der Waals surface area contributed by atoms with Gasteiger partial charge in [0.2, 0.25) is 0 Å². The lowest BCUT2D eigenvalue weighted by atomic mass is 9.99. The van der Waals surface area contributed by atoms with Crippen LogP contribution in [-0.2, 0) is 9.53 Å². The lowest BCUT2D eigenvalue weighted by molar-refractivity contribution is -0.142. The van der Waals surface area contributed by atoms with Gasteiger partial charge in [-0.15, -0.1) is 0 Å². The van der Waals surface area contributed by atoms with Crippen LogP contribution >= 0.6 is 0 Å². The summed E-state index contributed by atoms with van der Waals surface area (Å²) < 4.78 is 4.66. The number of carbonyl (C=O) groups excluding carboxylic acids is 2. The maximum atomic E-state index is 12.4. The van der Waals surface area contributed by atoms with E-state index in [-0.39, 0.29) is 11.9 Å². The third kappa shape index (κ3) is 5.17. The van der Waals surface area contributed by atoms with E-state index in [1.54, 1.807) is 19.1 Å². The maximum absolute atomic E-state index is 12.4. The average molecular weight is 446 g/mol. The van der Waals surface area contributed by atoms with Crippen molar-refractivity contribution in [3.8, 4) is 0 Å². The SMILES string of the molecule is COC(=O)[C@H](C)NC(=O)c1ccc(N2CCC(N[C@H](C)c3cccc4ccccc34)C2)cc1. The normalized spacial score (nSPS) is 17.5. The van der Waals surface area contributed by atoms with Crippen LogP contribution in [0.1, 0.15) is 42.2 Å². The number of hydrogen-bond acceptors (Lipinski definition) is 5. The fourth-order valence-corrected chi connectivity index (χ4v) is 4.54. The summed E-state index contributed by atoms with van der Waals surface area (Å²) in [6.45, 7) is 5.72. The summed E-state index contributed by atoms with van der Waals surface area (Å²) in [5, 5.41) is 9.02. The van der Waals surface area contributed by atoms with Gasteiger partial charge >= 0.3 is 5.97 Å². The number of benzene rings is 3. The maximum Gasteiger partial charge on any atom is 0.328 e. The number of nitrogens with zero attached hydrogens (tertiary/aromatic N) is 1. The van der Waals surface area contributed by atoms with Crippen LogP contribution in [0.4, 0.5) is 5.69 Å². The van der Waals surface area contributed by atoms with Crippen LogP contribution in [-0.4, -0.2) is 44.2 Å². The number of fused-ring (bicyclic) bond motifs is 1. The monoisotopic (exact) mass is 445 g/mol. The van der Waals surface area contributed by atoms with Gasteiger partial charge in [0.25, 0.3) is 5.91 Å². The van der Waals surface area contributed by atoms with Crippen LogP contribution in [0.3, 0.4) is 0 Å². The Bertz CT molecular complexity index is 1120. The Morgan fingerprint density at radius 1 is 1.00 bits per heavy atom. The molecule has 0 saturated carbocycles. The second-order valence-corrected chi connectivity index (χ2v) is 8.65. The summed E-state index contributed by atoms with van der Waals surface area (Å²) in [6.07, 6.45) is 1.06. The summed E-state index contributed by atoms with van der Waals surface area (Å²) in [4.78, 5) is 26.2. The molecule has 0 bridgehead atoms. The molecule has 172 valence electrons. The molecule has 0 aromatic heterocycles. The van der Waals surface area contributed by atoms with Crippen molar-refractivity contribution >= 4 is 28.3 Å². The van der Waals surface area contributed by atoms with Gasteiger partial charge in [0.15, 0.2) is 0 Å². The molecule has 1 aliphatic heterocycles.